The summed E-state index contributed by atoms with van der Waals surface area (Å²) in [7, 11) is 1.64. The predicted octanol–water partition coefficient (Wildman–Crippen LogP) is 4.14. The van der Waals surface area contributed by atoms with Gasteiger partial charge in [0.05, 0.1) is 23.9 Å². The van der Waals surface area contributed by atoms with Crippen LogP contribution in [0.5, 0.6) is 0 Å². The second-order valence-corrected chi connectivity index (χ2v) is 13.6. The van der Waals surface area contributed by atoms with Crippen molar-refractivity contribution in [1.29, 1.82) is 0 Å². The highest BCUT2D eigenvalue weighted by Crippen LogP contribution is 2.70. The molecule has 6 aliphatic rings. The van der Waals surface area contributed by atoms with Gasteiger partial charge in [0.15, 0.2) is 6.29 Å². The molecule has 6 rings (SSSR count). The summed E-state index contributed by atoms with van der Waals surface area (Å²) in [6.45, 7) is 7.07. The van der Waals surface area contributed by atoms with E-state index >= 15 is 0 Å². The Morgan fingerprint density at radius 1 is 1.03 bits per heavy atom. The maximum absolute atomic E-state index is 12.4. The lowest BCUT2D eigenvalue weighted by atomic mass is 9.43. The van der Waals surface area contributed by atoms with Gasteiger partial charge in [-0.2, -0.15) is 0 Å². The fraction of sp³-hybridized carbons (Fsp3) is 0.900. The molecule has 7 nitrogen and oxygen atoms in total. The van der Waals surface area contributed by atoms with E-state index in [9.17, 15) is 15.0 Å². The summed E-state index contributed by atoms with van der Waals surface area (Å²) in [6.07, 6.45) is 10.2. The number of rotatable bonds is 4. The minimum atomic E-state index is -0.670. The van der Waals surface area contributed by atoms with Crippen molar-refractivity contribution in [3.05, 3.63) is 11.6 Å². The minimum absolute atomic E-state index is 0.166. The molecule has 0 spiro atoms. The molecule has 2 N–H and O–H groups in total. The highest BCUT2D eigenvalue weighted by Gasteiger charge is 2.67. The van der Waals surface area contributed by atoms with Crippen LogP contribution in [0.3, 0.4) is 0 Å². The van der Waals surface area contributed by atoms with Crippen LogP contribution in [0.2, 0.25) is 0 Å². The largest absolute Gasteiger partial charge is 0.458 e. The Morgan fingerprint density at radius 2 is 1.84 bits per heavy atom. The Morgan fingerprint density at radius 3 is 2.57 bits per heavy atom. The highest BCUT2D eigenvalue weighted by atomic mass is 16.7. The molecule has 2 aliphatic heterocycles. The van der Waals surface area contributed by atoms with Crippen LogP contribution >= 0.6 is 0 Å². The lowest BCUT2D eigenvalue weighted by Gasteiger charge is -2.64. The zero-order valence-electron chi connectivity index (χ0n) is 23.0. The van der Waals surface area contributed by atoms with Gasteiger partial charge in [-0.1, -0.05) is 13.8 Å². The predicted molar refractivity (Wildman–Crippen MR) is 136 cm³/mol. The average molecular weight is 519 g/mol. The van der Waals surface area contributed by atoms with Crippen LogP contribution in [0.4, 0.5) is 0 Å². The number of esters is 1. The molecule has 1 saturated heterocycles. The molecule has 4 saturated carbocycles. The molecular weight excluding hydrogens is 472 g/mol. The third-order valence-corrected chi connectivity index (χ3v) is 12.2. The van der Waals surface area contributed by atoms with Crippen molar-refractivity contribution in [3.8, 4) is 0 Å². The van der Waals surface area contributed by atoms with Crippen molar-refractivity contribution in [2.24, 2.45) is 34.5 Å². The third-order valence-electron chi connectivity index (χ3n) is 12.2. The minimum Gasteiger partial charge on any atom is -0.458 e. The number of ether oxygens (including phenoxy) is 4. The van der Waals surface area contributed by atoms with Gasteiger partial charge in [-0.15, -0.1) is 0 Å². The molecule has 2 heterocycles. The summed E-state index contributed by atoms with van der Waals surface area (Å²) in [6, 6.07) is 0. The third kappa shape index (κ3) is 3.97. The van der Waals surface area contributed by atoms with E-state index in [-0.39, 0.29) is 47.3 Å². The molecular formula is C30H46O7. The first-order valence-electron chi connectivity index (χ1n) is 14.7. The first-order chi connectivity index (χ1) is 17.6. The molecule has 208 valence electrons. The summed E-state index contributed by atoms with van der Waals surface area (Å²) in [5.74, 6) is 1.45. The summed E-state index contributed by atoms with van der Waals surface area (Å²) < 4.78 is 23.2. The van der Waals surface area contributed by atoms with E-state index in [2.05, 4.69) is 13.8 Å². The van der Waals surface area contributed by atoms with E-state index in [0.717, 1.165) is 63.4 Å². The highest BCUT2D eigenvalue weighted by molar-refractivity contribution is 5.85. The normalized spacial score (nSPS) is 53.6. The van der Waals surface area contributed by atoms with Crippen molar-refractivity contribution in [2.75, 3.05) is 13.7 Å². The van der Waals surface area contributed by atoms with Gasteiger partial charge in [0.1, 0.15) is 12.7 Å². The number of fused-ring (bicyclic) bond motifs is 5. The van der Waals surface area contributed by atoms with E-state index < -0.39 is 11.7 Å². The van der Waals surface area contributed by atoms with Crippen LogP contribution in [0, 0.1) is 34.5 Å². The van der Waals surface area contributed by atoms with Gasteiger partial charge in [-0.3, -0.25) is 0 Å². The van der Waals surface area contributed by atoms with Crippen LogP contribution < -0.4 is 0 Å². The molecule has 0 aromatic carbocycles. The van der Waals surface area contributed by atoms with Gasteiger partial charge in [-0.05, 0) is 99.4 Å². The molecule has 37 heavy (non-hydrogen) atoms. The first-order valence-corrected chi connectivity index (χ1v) is 14.7. The monoisotopic (exact) mass is 518 g/mol. The van der Waals surface area contributed by atoms with E-state index in [1.807, 2.05) is 6.92 Å². The van der Waals surface area contributed by atoms with Crippen molar-refractivity contribution >= 4 is 5.97 Å². The van der Waals surface area contributed by atoms with Gasteiger partial charge in [0, 0.05) is 25.0 Å². The number of carbonyl (C=O) groups is 1. The smallest absolute Gasteiger partial charge is 0.331 e. The van der Waals surface area contributed by atoms with Crippen LogP contribution in [-0.4, -0.2) is 66.2 Å². The number of hydrogen-bond donors (Lipinski definition) is 2. The molecule has 4 aliphatic carbocycles. The Bertz CT molecular complexity index is 935. The second kappa shape index (κ2) is 9.29. The summed E-state index contributed by atoms with van der Waals surface area (Å²) in [5.41, 5.74) is 0.461. The zero-order chi connectivity index (χ0) is 26.2. The molecule has 0 radical (unpaired) electrons. The Labute approximate surface area is 221 Å². The van der Waals surface area contributed by atoms with Gasteiger partial charge in [0.25, 0.3) is 0 Å². The topological polar surface area (TPSA) is 94.5 Å². The quantitative estimate of drug-likeness (QED) is 0.427. The average Bonchev–Trinajstić information content (AvgIpc) is 3.41. The van der Waals surface area contributed by atoms with E-state index in [1.54, 1.807) is 13.2 Å². The maximum atomic E-state index is 12.4. The lowest BCUT2D eigenvalue weighted by molar-refractivity contribution is -0.273. The van der Waals surface area contributed by atoms with Crippen molar-refractivity contribution in [3.63, 3.8) is 0 Å². The molecule has 12 atom stereocenters. The van der Waals surface area contributed by atoms with E-state index in [0.29, 0.717) is 30.8 Å². The molecule has 7 heteroatoms. The zero-order valence-corrected chi connectivity index (χ0v) is 23.0. The van der Waals surface area contributed by atoms with Crippen LogP contribution in [0.15, 0.2) is 11.6 Å². The Kier molecular flexibility index (Phi) is 6.59. The number of aliphatic hydroxyl groups excluding tert-OH is 1. The number of carbonyl (C=O) groups excluding carboxylic acids is 1. The number of hydrogen-bond acceptors (Lipinski definition) is 7. The maximum Gasteiger partial charge on any atom is 0.331 e. The second-order valence-electron chi connectivity index (χ2n) is 13.6. The molecule has 0 amide bonds. The van der Waals surface area contributed by atoms with Crippen molar-refractivity contribution in [2.45, 2.75) is 121 Å². The van der Waals surface area contributed by atoms with E-state index in [4.69, 9.17) is 18.9 Å². The van der Waals surface area contributed by atoms with Gasteiger partial charge in [0.2, 0.25) is 0 Å². The number of methoxy groups -OCH3 is 1. The van der Waals surface area contributed by atoms with Crippen LogP contribution in [0.1, 0.15) is 85.0 Å². The fourth-order valence-corrected chi connectivity index (χ4v) is 10.0. The molecule has 0 aromatic rings. The summed E-state index contributed by atoms with van der Waals surface area (Å²) in [4.78, 5) is 11.8. The van der Waals surface area contributed by atoms with Gasteiger partial charge >= 0.3 is 5.97 Å². The van der Waals surface area contributed by atoms with Crippen molar-refractivity contribution < 1.29 is 34.0 Å². The van der Waals surface area contributed by atoms with Gasteiger partial charge in [-0.25, -0.2) is 4.79 Å². The molecule has 6 unspecified atom stereocenters. The first kappa shape index (κ1) is 26.2. The molecule has 5 fully saturated rings. The Hall–Kier alpha value is -0.990. The van der Waals surface area contributed by atoms with Gasteiger partial charge < -0.3 is 29.2 Å². The van der Waals surface area contributed by atoms with Crippen molar-refractivity contribution in [1.82, 2.24) is 0 Å². The van der Waals surface area contributed by atoms with Crippen LogP contribution in [-0.2, 0) is 23.7 Å². The summed E-state index contributed by atoms with van der Waals surface area (Å²) >= 11 is 0. The van der Waals surface area contributed by atoms with Crippen LogP contribution in [0.25, 0.3) is 0 Å². The summed E-state index contributed by atoms with van der Waals surface area (Å²) in [5, 5.41) is 22.7. The molecule has 0 bridgehead atoms. The standard InChI is InChI=1S/C30H46O7/c1-17-27(32)24(34-4)15-26(36-17)37-20-7-10-28(2)19(14-20)5-6-23-22(28)8-11-29(3)21(9-12-30(23,29)33)18-13-25(31)35-16-18/h13,17,19-24,26-27,32-33H,5-12,14-16H2,1-4H3/t17-,19+,20-,21?,22?,23?,24-,26-,27+,28?,29?,30?/m0/s1. The van der Waals surface area contributed by atoms with E-state index in [1.165, 1.54) is 0 Å². The molecule has 0 aromatic heterocycles. The number of cyclic esters (lactones) is 1. The fourth-order valence-electron chi connectivity index (χ4n) is 10.0. The number of aliphatic hydroxyl groups is 2. The Balaban J connectivity index is 1.15. The SMILES string of the molecule is CO[C@H]1C[C@H](O[C@H]2CCC3(C)C4CCC5(C)C(C6=CC(=O)OC6)CCC5(O)C4CC[C@@H]3C2)O[C@@H](C)[C@H]1O. The lowest BCUT2D eigenvalue weighted by Crippen LogP contribution is -2.62.